The Morgan fingerprint density at radius 1 is 0.643 bits per heavy atom. The summed E-state index contributed by atoms with van der Waals surface area (Å²) in [4.78, 5) is 21.8. The molecule has 3 aromatic carbocycles. The Morgan fingerprint density at radius 3 is 1.39 bits per heavy atom. The Bertz CT molecular complexity index is 903. The molecule has 0 bridgehead atoms. The molecule has 6 heteroatoms. The fraction of sp³-hybridized carbons (Fsp3) is 0.0909. The lowest BCUT2D eigenvalue weighted by atomic mass is 10.1. The maximum atomic E-state index is 10.9. The van der Waals surface area contributed by atoms with Gasteiger partial charge in [0.1, 0.15) is 0 Å². The van der Waals surface area contributed by atoms with Gasteiger partial charge < -0.3 is 30.4 Å². The Morgan fingerprint density at radius 2 is 1.04 bits per heavy atom. The van der Waals surface area contributed by atoms with Gasteiger partial charge in [-0.1, -0.05) is 48.5 Å². The minimum absolute atomic E-state index is 0.133. The zero-order chi connectivity index (χ0) is 19.9. The Kier molecular flexibility index (Phi) is 5.91. The average Bonchev–Trinajstić information content (AvgIpc) is 2.72. The van der Waals surface area contributed by atoms with Gasteiger partial charge in [-0.05, 0) is 46.5 Å². The molecule has 0 aliphatic heterocycles. The highest BCUT2D eigenvalue weighted by atomic mass is 16.4. The number of hydrogen-bond acceptors (Lipinski definition) is 6. The quantitative estimate of drug-likeness (QED) is 0.621. The van der Waals surface area contributed by atoms with E-state index in [2.05, 4.69) is 10.6 Å². The SMILES string of the molecule is O=C([O-])c1cccc(NCc2ccc(CNc3cccc(C(=O)[O-])c3)cc2)c1. The van der Waals surface area contributed by atoms with E-state index in [1.54, 1.807) is 24.3 Å². The summed E-state index contributed by atoms with van der Waals surface area (Å²) in [6.45, 7) is 1.11. The van der Waals surface area contributed by atoms with Gasteiger partial charge in [0.15, 0.2) is 0 Å². The van der Waals surface area contributed by atoms with E-state index in [0.29, 0.717) is 24.5 Å². The summed E-state index contributed by atoms with van der Waals surface area (Å²) in [5, 5.41) is 28.2. The predicted molar refractivity (Wildman–Crippen MR) is 103 cm³/mol. The van der Waals surface area contributed by atoms with E-state index in [-0.39, 0.29) is 11.1 Å². The number of carboxylic acid groups (broad SMARTS) is 2. The van der Waals surface area contributed by atoms with E-state index in [0.717, 1.165) is 11.1 Å². The highest BCUT2D eigenvalue weighted by Gasteiger charge is 2.00. The van der Waals surface area contributed by atoms with Crippen LogP contribution in [-0.2, 0) is 13.1 Å². The monoisotopic (exact) mass is 374 g/mol. The van der Waals surface area contributed by atoms with Crippen molar-refractivity contribution in [2.75, 3.05) is 10.6 Å². The van der Waals surface area contributed by atoms with Gasteiger partial charge >= 0.3 is 0 Å². The van der Waals surface area contributed by atoms with Gasteiger partial charge in [-0.15, -0.1) is 0 Å². The second-order valence-corrected chi connectivity index (χ2v) is 6.26. The van der Waals surface area contributed by atoms with E-state index in [9.17, 15) is 19.8 Å². The Hall–Kier alpha value is -3.80. The lowest BCUT2D eigenvalue weighted by Gasteiger charge is -2.11. The molecular weight excluding hydrogens is 356 g/mol. The molecule has 3 rings (SSSR count). The van der Waals surface area contributed by atoms with E-state index in [1.807, 2.05) is 24.3 Å². The summed E-state index contributed by atoms with van der Waals surface area (Å²) >= 11 is 0. The summed E-state index contributed by atoms with van der Waals surface area (Å²) in [6, 6.07) is 20.9. The molecule has 0 radical (unpaired) electrons. The van der Waals surface area contributed by atoms with Crippen molar-refractivity contribution >= 4 is 23.3 Å². The zero-order valence-electron chi connectivity index (χ0n) is 15.0. The lowest BCUT2D eigenvalue weighted by molar-refractivity contribution is -0.256. The first kappa shape index (κ1) is 19.0. The standard InChI is InChI=1S/C22H20N2O4/c25-21(26)17-3-1-5-19(11-17)23-13-15-7-9-16(10-8-15)14-24-20-6-2-4-18(12-20)22(27)28/h1-12,23-24H,13-14H2,(H,25,26)(H,27,28)/p-2. The summed E-state index contributed by atoms with van der Waals surface area (Å²) in [5.74, 6) is -2.41. The average molecular weight is 374 g/mol. The lowest BCUT2D eigenvalue weighted by Crippen LogP contribution is -2.22. The molecule has 0 aromatic heterocycles. The van der Waals surface area contributed by atoms with Crippen LogP contribution in [-0.4, -0.2) is 11.9 Å². The van der Waals surface area contributed by atoms with Crippen LogP contribution >= 0.6 is 0 Å². The molecule has 142 valence electrons. The van der Waals surface area contributed by atoms with E-state index < -0.39 is 11.9 Å². The zero-order valence-corrected chi connectivity index (χ0v) is 15.0. The minimum atomic E-state index is -1.20. The van der Waals surface area contributed by atoms with Gasteiger partial charge in [-0.3, -0.25) is 0 Å². The number of carbonyl (C=O) groups is 2. The van der Waals surface area contributed by atoms with Crippen molar-refractivity contribution in [2.45, 2.75) is 13.1 Å². The molecule has 0 spiro atoms. The van der Waals surface area contributed by atoms with Gasteiger partial charge in [0.25, 0.3) is 0 Å². The molecule has 6 nitrogen and oxygen atoms in total. The molecule has 0 aliphatic carbocycles. The van der Waals surface area contributed by atoms with Crippen molar-refractivity contribution in [3.63, 3.8) is 0 Å². The molecule has 0 saturated carbocycles. The molecule has 0 aliphatic rings. The molecule has 0 saturated heterocycles. The first-order chi connectivity index (χ1) is 13.5. The molecule has 28 heavy (non-hydrogen) atoms. The summed E-state index contributed by atoms with van der Waals surface area (Å²) in [5.41, 5.74) is 3.77. The third-order valence-corrected chi connectivity index (χ3v) is 4.21. The van der Waals surface area contributed by atoms with Gasteiger partial charge in [0.05, 0.1) is 11.9 Å². The van der Waals surface area contributed by atoms with Gasteiger partial charge in [-0.2, -0.15) is 0 Å². The number of hydrogen-bond donors (Lipinski definition) is 2. The van der Waals surface area contributed by atoms with Crippen molar-refractivity contribution in [1.82, 2.24) is 0 Å². The van der Waals surface area contributed by atoms with Crippen LogP contribution in [0, 0.1) is 0 Å². The number of rotatable bonds is 8. The van der Waals surface area contributed by atoms with Crippen LogP contribution in [0.25, 0.3) is 0 Å². The van der Waals surface area contributed by atoms with Crippen molar-refractivity contribution < 1.29 is 19.8 Å². The molecule has 3 aromatic rings. The Balaban J connectivity index is 1.55. The largest absolute Gasteiger partial charge is 0.545 e. The van der Waals surface area contributed by atoms with Crippen molar-refractivity contribution in [1.29, 1.82) is 0 Å². The van der Waals surface area contributed by atoms with Crippen LogP contribution in [0.1, 0.15) is 31.8 Å². The van der Waals surface area contributed by atoms with E-state index in [4.69, 9.17) is 0 Å². The summed E-state index contributed by atoms with van der Waals surface area (Å²) in [7, 11) is 0. The van der Waals surface area contributed by atoms with Crippen LogP contribution in [0.4, 0.5) is 11.4 Å². The van der Waals surface area contributed by atoms with Gasteiger partial charge in [-0.25, -0.2) is 0 Å². The molecule has 2 N–H and O–H groups in total. The normalized spacial score (nSPS) is 10.3. The van der Waals surface area contributed by atoms with Crippen LogP contribution in [0.15, 0.2) is 72.8 Å². The van der Waals surface area contributed by atoms with Gasteiger partial charge in [0.2, 0.25) is 0 Å². The second-order valence-electron chi connectivity index (χ2n) is 6.26. The highest BCUT2D eigenvalue weighted by Crippen LogP contribution is 2.14. The summed E-state index contributed by atoms with van der Waals surface area (Å²) in [6.07, 6.45) is 0. The van der Waals surface area contributed by atoms with Crippen LogP contribution in [0.5, 0.6) is 0 Å². The van der Waals surface area contributed by atoms with Gasteiger partial charge in [0, 0.05) is 24.5 Å². The van der Waals surface area contributed by atoms with Crippen LogP contribution in [0.2, 0.25) is 0 Å². The Labute approximate surface area is 162 Å². The number of benzene rings is 3. The molecule has 0 unspecified atom stereocenters. The summed E-state index contributed by atoms with van der Waals surface area (Å²) < 4.78 is 0. The maximum absolute atomic E-state index is 10.9. The van der Waals surface area contributed by atoms with Crippen LogP contribution in [0.3, 0.4) is 0 Å². The predicted octanol–water partition coefficient (Wildman–Crippen LogP) is 1.64. The first-order valence-corrected chi connectivity index (χ1v) is 8.69. The molecule has 0 heterocycles. The van der Waals surface area contributed by atoms with Crippen LogP contribution < -0.4 is 20.8 Å². The smallest absolute Gasteiger partial charge is 0.0716 e. The molecule has 0 amide bonds. The highest BCUT2D eigenvalue weighted by molar-refractivity contribution is 5.87. The fourth-order valence-corrected chi connectivity index (χ4v) is 2.70. The number of nitrogens with one attached hydrogen (secondary N) is 2. The van der Waals surface area contributed by atoms with Crippen molar-refractivity contribution in [3.05, 3.63) is 95.1 Å². The third kappa shape index (κ3) is 5.11. The second kappa shape index (κ2) is 8.73. The number of aromatic carboxylic acids is 2. The van der Waals surface area contributed by atoms with Crippen molar-refractivity contribution in [2.24, 2.45) is 0 Å². The van der Waals surface area contributed by atoms with E-state index in [1.165, 1.54) is 24.3 Å². The maximum Gasteiger partial charge on any atom is 0.0716 e. The third-order valence-electron chi connectivity index (χ3n) is 4.21. The number of carboxylic acids is 2. The first-order valence-electron chi connectivity index (χ1n) is 8.69. The van der Waals surface area contributed by atoms with E-state index >= 15 is 0 Å². The minimum Gasteiger partial charge on any atom is -0.545 e. The molecular formula is C22H18N2O4-2. The molecule has 0 atom stereocenters. The topological polar surface area (TPSA) is 104 Å². The number of anilines is 2. The molecule has 0 fully saturated rings. The van der Waals surface area contributed by atoms with Crippen molar-refractivity contribution in [3.8, 4) is 0 Å². The fourth-order valence-electron chi connectivity index (χ4n) is 2.70. The number of carbonyl (C=O) groups excluding carboxylic acids is 2.